The van der Waals surface area contributed by atoms with Gasteiger partial charge in [0, 0.05) is 17.8 Å². The summed E-state index contributed by atoms with van der Waals surface area (Å²) in [5.74, 6) is -0.149. The maximum atomic E-state index is 12.7. The lowest BCUT2D eigenvalue weighted by Gasteiger charge is -2.12. The first-order valence-electron chi connectivity index (χ1n) is 7.36. The third-order valence-electron chi connectivity index (χ3n) is 3.35. The smallest absolute Gasteiger partial charge is 0.267 e. The maximum absolute atomic E-state index is 12.7. The molecule has 0 unspecified atom stereocenters. The van der Waals surface area contributed by atoms with Gasteiger partial charge in [0.25, 0.3) is 5.91 Å². The first kappa shape index (κ1) is 17.7. The van der Waals surface area contributed by atoms with Gasteiger partial charge in [-0.2, -0.15) is 0 Å². The van der Waals surface area contributed by atoms with Crippen molar-refractivity contribution in [2.45, 2.75) is 0 Å². The van der Waals surface area contributed by atoms with E-state index < -0.39 is 0 Å². The highest BCUT2D eigenvalue weighted by Crippen LogP contribution is 2.35. The number of hydrogen-bond donors (Lipinski definition) is 0. The van der Waals surface area contributed by atoms with Crippen LogP contribution in [0.3, 0.4) is 0 Å². The molecule has 0 radical (unpaired) electrons. The van der Waals surface area contributed by atoms with Crippen molar-refractivity contribution in [3.8, 4) is 0 Å². The summed E-state index contributed by atoms with van der Waals surface area (Å²) < 4.78 is 0. The maximum Gasteiger partial charge on any atom is 0.267 e. The van der Waals surface area contributed by atoms with Crippen molar-refractivity contribution >= 4 is 57.8 Å². The minimum absolute atomic E-state index is 0.149. The van der Waals surface area contributed by atoms with E-state index in [1.807, 2.05) is 18.2 Å². The summed E-state index contributed by atoms with van der Waals surface area (Å²) in [5, 5.41) is 1.39. The average molecular weight is 390 g/mol. The Kier molecular flexibility index (Phi) is 5.58. The second-order valence-electron chi connectivity index (χ2n) is 5.04. The van der Waals surface area contributed by atoms with Crippen LogP contribution in [0.5, 0.6) is 0 Å². The molecule has 126 valence electrons. The summed E-state index contributed by atoms with van der Waals surface area (Å²) in [7, 11) is 0. The first-order chi connectivity index (χ1) is 12.1. The fraction of sp³-hybridized carbons (Fsp3) is 0.0556. The Morgan fingerprint density at radius 3 is 2.76 bits per heavy atom. The Morgan fingerprint density at radius 1 is 1.24 bits per heavy atom. The summed E-state index contributed by atoms with van der Waals surface area (Å²) in [4.78, 5) is 23.3. The van der Waals surface area contributed by atoms with Gasteiger partial charge in [-0.05, 0) is 41.6 Å². The number of carbonyl (C=O) groups is 1. The van der Waals surface area contributed by atoms with Gasteiger partial charge in [-0.25, -0.2) is 9.98 Å². The van der Waals surface area contributed by atoms with E-state index in [0.29, 0.717) is 27.3 Å². The highest BCUT2D eigenvalue weighted by atomic mass is 35.5. The van der Waals surface area contributed by atoms with Gasteiger partial charge >= 0.3 is 0 Å². The van der Waals surface area contributed by atoms with E-state index in [-0.39, 0.29) is 11.1 Å². The van der Waals surface area contributed by atoms with Crippen LogP contribution in [0, 0.1) is 0 Å². The molecule has 1 amide bonds. The van der Waals surface area contributed by atoms with Crippen molar-refractivity contribution in [1.82, 2.24) is 9.88 Å². The zero-order valence-corrected chi connectivity index (χ0v) is 15.4. The van der Waals surface area contributed by atoms with Crippen molar-refractivity contribution < 1.29 is 4.79 Å². The standard InChI is InChI=1S/C18H13Cl2N3OS/c1-2-10-23-17(24)15(11-12-6-3-4-7-13(12)19)25-18(23)22-14-8-5-9-21-16(14)20/h2-9,11H,1,10H2/b15-11-,22-18?. The van der Waals surface area contributed by atoms with Gasteiger partial charge in [0.2, 0.25) is 0 Å². The number of amides is 1. The second-order valence-corrected chi connectivity index (χ2v) is 6.82. The number of halogens is 2. The van der Waals surface area contributed by atoms with Crippen molar-refractivity contribution in [1.29, 1.82) is 0 Å². The molecule has 1 fully saturated rings. The van der Waals surface area contributed by atoms with E-state index in [2.05, 4.69) is 16.6 Å². The van der Waals surface area contributed by atoms with E-state index in [4.69, 9.17) is 23.2 Å². The lowest BCUT2D eigenvalue weighted by Crippen LogP contribution is -2.29. The minimum atomic E-state index is -0.149. The summed E-state index contributed by atoms with van der Waals surface area (Å²) >= 11 is 13.5. The fourth-order valence-electron chi connectivity index (χ4n) is 2.18. The van der Waals surface area contributed by atoms with Crippen LogP contribution in [0.2, 0.25) is 10.2 Å². The molecule has 1 saturated heterocycles. The highest BCUT2D eigenvalue weighted by Gasteiger charge is 2.32. The third kappa shape index (κ3) is 3.95. The minimum Gasteiger partial charge on any atom is -0.283 e. The molecule has 0 spiro atoms. The van der Waals surface area contributed by atoms with Crippen LogP contribution < -0.4 is 0 Å². The van der Waals surface area contributed by atoms with Crippen molar-refractivity contribution in [3.05, 3.63) is 75.9 Å². The van der Waals surface area contributed by atoms with E-state index >= 15 is 0 Å². The van der Waals surface area contributed by atoms with Crippen molar-refractivity contribution in [2.75, 3.05) is 6.54 Å². The fourth-order valence-corrected chi connectivity index (χ4v) is 3.52. The number of thioether (sulfide) groups is 1. The summed E-state index contributed by atoms with van der Waals surface area (Å²) in [6, 6.07) is 10.8. The third-order valence-corrected chi connectivity index (χ3v) is 4.99. The van der Waals surface area contributed by atoms with Crippen LogP contribution in [-0.4, -0.2) is 27.5 Å². The van der Waals surface area contributed by atoms with E-state index in [0.717, 1.165) is 5.56 Å². The largest absolute Gasteiger partial charge is 0.283 e. The number of carbonyl (C=O) groups excluding carboxylic acids is 1. The van der Waals surface area contributed by atoms with Gasteiger partial charge in [0.05, 0.1) is 4.91 Å². The molecule has 0 saturated carbocycles. The molecule has 25 heavy (non-hydrogen) atoms. The second kappa shape index (κ2) is 7.87. The first-order valence-corrected chi connectivity index (χ1v) is 8.93. The Labute approximate surface area is 159 Å². The lowest BCUT2D eigenvalue weighted by molar-refractivity contribution is -0.121. The Hall–Kier alpha value is -2.08. The van der Waals surface area contributed by atoms with Gasteiger partial charge in [0.15, 0.2) is 10.3 Å². The van der Waals surface area contributed by atoms with Crippen LogP contribution in [0.1, 0.15) is 5.56 Å². The van der Waals surface area contributed by atoms with Gasteiger partial charge in [0.1, 0.15) is 5.69 Å². The van der Waals surface area contributed by atoms with Crippen LogP contribution in [0.15, 0.2) is 65.1 Å². The molecule has 2 aromatic rings. The van der Waals surface area contributed by atoms with Crippen LogP contribution >= 0.6 is 35.0 Å². The Morgan fingerprint density at radius 2 is 2.04 bits per heavy atom. The van der Waals surface area contributed by atoms with Crippen molar-refractivity contribution in [2.24, 2.45) is 4.99 Å². The molecule has 7 heteroatoms. The Bertz CT molecular complexity index is 895. The molecule has 0 bridgehead atoms. The number of pyridine rings is 1. The monoisotopic (exact) mass is 389 g/mol. The molecule has 0 atom stereocenters. The molecule has 1 aromatic heterocycles. The number of rotatable bonds is 4. The number of nitrogens with zero attached hydrogens (tertiary/aromatic N) is 3. The summed E-state index contributed by atoms with van der Waals surface area (Å²) in [6.07, 6.45) is 5.00. The summed E-state index contributed by atoms with van der Waals surface area (Å²) in [6.45, 7) is 4.05. The average Bonchev–Trinajstić information content (AvgIpc) is 2.88. The van der Waals surface area contributed by atoms with Crippen molar-refractivity contribution in [3.63, 3.8) is 0 Å². The zero-order chi connectivity index (χ0) is 17.8. The van der Waals surface area contributed by atoms with Gasteiger partial charge < -0.3 is 0 Å². The zero-order valence-electron chi connectivity index (χ0n) is 13.0. The van der Waals surface area contributed by atoms with Crippen LogP contribution in [0.4, 0.5) is 5.69 Å². The molecular weight excluding hydrogens is 377 g/mol. The summed E-state index contributed by atoms with van der Waals surface area (Å²) in [5.41, 5.74) is 1.28. The molecule has 4 nitrogen and oxygen atoms in total. The van der Waals surface area contributed by atoms with Crippen LogP contribution in [-0.2, 0) is 4.79 Å². The number of benzene rings is 1. The quantitative estimate of drug-likeness (QED) is 0.411. The normalized spacial score (nSPS) is 17.5. The van der Waals surface area contributed by atoms with E-state index in [1.165, 1.54) is 11.8 Å². The number of aliphatic imine (C=N–C) groups is 1. The Balaban J connectivity index is 2.00. The molecule has 0 aliphatic carbocycles. The molecule has 0 N–H and O–H groups in total. The lowest BCUT2D eigenvalue weighted by atomic mass is 10.2. The van der Waals surface area contributed by atoms with Gasteiger partial charge in [-0.15, -0.1) is 6.58 Å². The molecule has 1 aromatic carbocycles. The number of amidine groups is 1. The van der Waals surface area contributed by atoms with E-state index in [1.54, 1.807) is 41.4 Å². The molecule has 2 heterocycles. The molecule has 1 aliphatic heterocycles. The van der Waals surface area contributed by atoms with Gasteiger partial charge in [-0.3, -0.25) is 9.69 Å². The van der Waals surface area contributed by atoms with Gasteiger partial charge in [-0.1, -0.05) is 47.5 Å². The topological polar surface area (TPSA) is 45.6 Å². The highest BCUT2D eigenvalue weighted by molar-refractivity contribution is 8.18. The molecular formula is C18H13Cl2N3OS. The predicted molar refractivity (Wildman–Crippen MR) is 105 cm³/mol. The van der Waals surface area contributed by atoms with E-state index in [9.17, 15) is 4.79 Å². The SMILES string of the molecule is C=CCN1C(=O)/C(=C/c2ccccc2Cl)SC1=Nc1cccnc1Cl. The predicted octanol–water partition coefficient (Wildman–Crippen LogP) is 5.18. The number of hydrogen-bond acceptors (Lipinski definition) is 4. The van der Waals surface area contributed by atoms with Crippen LogP contribution in [0.25, 0.3) is 6.08 Å². The molecule has 1 aliphatic rings. The molecule has 3 rings (SSSR count). The number of aromatic nitrogens is 1.